The summed E-state index contributed by atoms with van der Waals surface area (Å²) in [7, 11) is 1.53. The minimum atomic E-state index is -0.705. The molecule has 0 bridgehead atoms. The standard InChI is InChI=1S/C25H26N2O6/c1-31-15-20-19-9-5-6-10-21(19)33-23(20)25(30)32-16-22(28)27-13-11-17(12-14-27)24(29)26-18-7-3-2-4-8-18/h2-10,17H,11-16H2,1H3,(H,26,29). The first kappa shape index (κ1) is 22.5. The van der Waals surface area contributed by atoms with E-state index in [-0.39, 0.29) is 36.7 Å². The van der Waals surface area contributed by atoms with E-state index in [1.807, 2.05) is 48.5 Å². The van der Waals surface area contributed by atoms with E-state index in [9.17, 15) is 14.4 Å². The maximum absolute atomic E-state index is 12.6. The SMILES string of the molecule is COCc1c(C(=O)OCC(=O)N2CCC(C(=O)Nc3ccccc3)CC2)oc2ccccc12. The molecule has 0 radical (unpaired) electrons. The number of carbonyl (C=O) groups is 3. The minimum absolute atomic E-state index is 0.0436. The Morgan fingerprint density at radius 3 is 2.45 bits per heavy atom. The Kier molecular flexibility index (Phi) is 7.04. The zero-order valence-corrected chi connectivity index (χ0v) is 18.4. The predicted octanol–water partition coefficient (Wildman–Crippen LogP) is 3.61. The number of ether oxygens (including phenoxy) is 2. The van der Waals surface area contributed by atoms with E-state index < -0.39 is 5.97 Å². The zero-order valence-electron chi connectivity index (χ0n) is 18.4. The predicted molar refractivity (Wildman–Crippen MR) is 122 cm³/mol. The molecule has 1 N–H and O–H groups in total. The van der Waals surface area contributed by atoms with Gasteiger partial charge in [-0.1, -0.05) is 36.4 Å². The molecule has 1 saturated heterocycles. The third kappa shape index (κ3) is 5.23. The zero-order chi connectivity index (χ0) is 23.2. The molecule has 0 spiro atoms. The highest BCUT2D eigenvalue weighted by atomic mass is 16.5. The van der Waals surface area contributed by atoms with Crippen molar-refractivity contribution in [1.82, 2.24) is 4.90 Å². The summed E-state index contributed by atoms with van der Waals surface area (Å²) in [6, 6.07) is 16.5. The molecular weight excluding hydrogens is 424 g/mol. The molecule has 33 heavy (non-hydrogen) atoms. The molecule has 1 aliphatic heterocycles. The van der Waals surface area contributed by atoms with Crippen LogP contribution in [0, 0.1) is 5.92 Å². The molecule has 0 atom stereocenters. The van der Waals surface area contributed by atoms with Crippen LogP contribution in [0.1, 0.15) is 29.0 Å². The van der Waals surface area contributed by atoms with E-state index in [4.69, 9.17) is 13.9 Å². The number of nitrogens with one attached hydrogen (secondary N) is 1. The van der Waals surface area contributed by atoms with Crippen molar-refractivity contribution in [2.75, 3.05) is 32.1 Å². The van der Waals surface area contributed by atoms with Crippen molar-refractivity contribution in [1.29, 1.82) is 0 Å². The second-order valence-electron chi connectivity index (χ2n) is 7.93. The van der Waals surface area contributed by atoms with Gasteiger partial charge < -0.3 is 24.1 Å². The van der Waals surface area contributed by atoms with Gasteiger partial charge in [-0.25, -0.2) is 4.79 Å². The van der Waals surface area contributed by atoms with E-state index in [2.05, 4.69) is 5.32 Å². The van der Waals surface area contributed by atoms with Crippen molar-refractivity contribution in [3.8, 4) is 0 Å². The van der Waals surface area contributed by atoms with Crippen LogP contribution >= 0.6 is 0 Å². The maximum Gasteiger partial charge on any atom is 0.375 e. The average molecular weight is 450 g/mol. The van der Waals surface area contributed by atoms with Crippen LogP contribution in [0.4, 0.5) is 5.69 Å². The molecule has 3 aromatic rings. The molecule has 0 aliphatic carbocycles. The number of methoxy groups -OCH3 is 1. The fraction of sp³-hybridized carbons (Fsp3) is 0.320. The van der Waals surface area contributed by atoms with E-state index in [0.29, 0.717) is 37.1 Å². The van der Waals surface area contributed by atoms with Crippen LogP contribution in [0.25, 0.3) is 11.0 Å². The summed E-state index contributed by atoms with van der Waals surface area (Å²) in [5, 5.41) is 3.68. The number of anilines is 1. The maximum atomic E-state index is 12.6. The first-order valence-corrected chi connectivity index (χ1v) is 10.9. The average Bonchev–Trinajstić information content (AvgIpc) is 3.22. The van der Waals surface area contributed by atoms with Gasteiger partial charge in [-0.3, -0.25) is 9.59 Å². The molecule has 1 fully saturated rings. The van der Waals surface area contributed by atoms with Crippen molar-refractivity contribution in [2.24, 2.45) is 5.92 Å². The molecule has 0 saturated carbocycles. The summed E-state index contributed by atoms with van der Waals surface area (Å²) >= 11 is 0. The van der Waals surface area contributed by atoms with Gasteiger partial charge >= 0.3 is 5.97 Å². The van der Waals surface area contributed by atoms with E-state index in [1.54, 1.807) is 11.0 Å². The van der Waals surface area contributed by atoms with Crippen molar-refractivity contribution >= 4 is 34.4 Å². The first-order chi connectivity index (χ1) is 16.1. The van der Waals surface area contributed by atoms with Crippen molar-refractivity contribution in [2.45, 2.75) is 19.4 Å². The van der Waals surface area contributed by atoms with Gasteiger partial charge in [0.1, 0.15) is 5.58 Å². The van der Waals surface area contributed by atoms with Crippen molar-refractivity contribution < 1.29 is 28.3 Å². The Morgan fingerprint density at radius 2 is 1.73 bits per heavy atom. The van der Waals surface area contributed by atoms with Gasteiger partial charge in [-0.05, 0) is 31.0 Å². The van der Waals surface area contributed by atoms with Gasteiger partial charge in [0.15, 0.2) is 6.61 Å². The molecule has 8 heteroatoms. The normalized spacial score (nSPS) is 14.3. The monoisotopic (exact) mass is 450 g/mol. The Hall–Kier alpha value is -3.65. The number of likely N-dealkylation sites (tertiary alicyclic amines) is 1. The van der Waals surface area contributed by atoms with Crippen LogP contribution in [0.5, 0.6) is 0 Å². The molecule has 0 unspecified atom stereocenters. The van der Waals surface area contributed by atoms with Crippen LogP contribution in [-0.2, 0) is 25.7 Å². The molecule has 2 amide bonds. The smallest absolute Gasteiger partial charge is 0.375 e. The highest BCUT2D eigenvalue weighted by Crippen LogP contribution is 2.27. The summed E-state index contributed by atoms with van der Waals surface area (Å²) in [6.07, 6.45) is 1.11. The number of piperidine rings is 1. The third-order valence-electron chi connectivity index (χ3n) is 5.76. The molecule has 2 heterocycles. The number of amides is 2. The highest BCUT2D eigenvalue weighted by Gasteiger charge is 2.29. The number of para-hydroxylation sites is 2. The first-order valence-electron chi connectivity index (χ1n) is 10.9. The van der Waals surface area contributed by atoms with E-state index >= 15 is 0 Å². The lowest BCUT2D eigenvalue weighted by molar-refractivity contribution is -0.137. The molecule has 1 aliphatic rings. The molecule has 2 aromatic carbocycles. The van der Waals surface area contributed by atoms with Crippen LogP contribution in [-0.4, -0.2) is 49.5 Å². The summed E-state index contributed by atoms with van der Waals surface area (Å²) in [6.45, 7) is 0.669. The molecule has 8 nitrogen and oxygen atoms in total. The highest BCUT2D eigenvalue weighted by molar-refractivity contribution is 5.97. The summed E-state index contributed by atoms with van der Waals surface area (Å²) in [4.78, 5) is 39.3. The van der Waals surface area contributed by atoms with Crippen LogP contribution in [0.15, 0.2) is 59.0 Å². The second kappa shape index (κ2) is 10.3. The number of nitrogens with zero attached hydrogens (tertiary/aromatic N) is 1. The largest absolute Gasteiger partial charge is 0.450 e. The fourth-order valence-electron chi connectivity index (χ4n) is 3.99. The topological polar surface area (TPSA) is 98.1 Å². The number of rotatable bonds is 7. The van der Waals surface area contributed by atoms with Gasteiger partial charge in [0.05, 0.1) is 6.61 Å². The summed E-state index contributed by atoms with van der Waals surface area (Å²) in [5.74, 6) is -1.17. The van der Waals surface area contributed by atoms with Gasteiger partial charge in [0, 0.05) is 42.8 Å². The number of benzene rings is 2. The van der Waals surface area contributed by atoms with Crippen LogP contribution in [0.3, 0.4) is 0 Å². The molecule has 4 rings (SSSR count). The number of hydrogen-bond donors (Lipinski definition) is 1. The van der Waals surface area contributed by atoms with Crippen LogP contribution < -0.4 is 5.32 Å². The lowest BCUT2D eigenvalue weighted by atomic mass is 9.95. The molecule has 172 valence electrons. The van der Waals surface area contributed by atoms with Gasteiger partial charge in [-0.15, -0.1) is 0 Å². The Bertz CT molecular complexity index is 1130. The molecular formula is C25H26N2O6. The second-order valence-corrected chi connectivity index (χ2v) is 7.93. The number of esters is 1. The van der Waals surface area contributed by atoms with Gasteiger partial charge in [0.25, 0.3) is 5.91 Å². The van der Waals surface area contributed by atoms with Crippen LogP contribution in [0.2, 0.25) is 0 Å². The van der Waals surface area contributed by atoms with E-state index in [0.717, 1.165) is 11.1 Å². The lowest BCUT2D eigenvalue weighted by Crippen LogP contribution is -2.43. The fourth-order valence-corrected chi connectivity index (χ4v) is 3.99. The quantitative estimate of drug-likeness (QED) is 0.552. The summed E-state index contributed by atoms with van der Waals surface area (Å²) in [5.41, 5.74) is 1.90. The Balaban J connectivity index is 1.29. The molecule has 1 aromatic heterocycles. The van der Waals surface area contributed by atoms with Gasteiger partial charge in [-0.2, -0.15) is 0 Å². The Labute approximate surface area is 191 Å². The Morgan fingerprint density at radius 1 is 1.03 bits per heavy atom. The van der Waals surface area contributed by atoms with Gasteiger partial charge in [0.2, 0.25) is 11.7 Å². The number of furan rings is 1. The number of fused-ring (bicyclic) bond motifs is 1. The lowest BCUT2D eigenvalue weighted by Gasteiger charge is -2.31. The third-order valence-corrected chi connectivity index (χ3v) is 5.76. The minimum Gasteiger partial charge on any atom is -0.450 e. The number of carbonyl (C=O) groups excluding carboxylic acids is 3. The summed E-state index contributed by atoms with van der Waals surface area (Å²) < 4.78 is 16.1. The number of hydrogen-bond acceptors (Lipinski definition) is 6. The van der Waals surface area contributed by atoms with Crippen molar-refractivity contribution in [3.63, 3.8) is 0 Å². The van der Waals surface area contributed by atoms with Crippen molar-refractivity contribution in [3.05, 3.63) is 65.9 Å². The van der Waals surface area contributed by atoms with E-state index in [1.165, 1.54) is 7.11 Å².